The zero-order valence-corrected chi connectivity index (χ0v) is 18.1. The Balaban J connectivity index is 1.46. The lowest BCUT2D eigenvalue weighted by Crippen LogP contribution is -2.48. The van der Waals surface area contributed by atoms with Crippen molar-refractivity contribution in [1.82, 2.24) is 14.8 Å². The lowest BCUT2D eigenvalue weighted by Gasteiger charge is -2.35. The summed E-state index contributed by atoms with van der Waals surface area (Å²) >= 11 is 0. The maximum Gasteiger partial charge on any atom is 0.223 e. The summed E-state index contributed by atoms with van der Waals surface area (Å²) in [6.45, 7) is 4.74. The number of aliphatic hydroxyl groups excluding tert-OH is 1. The van der Waals surface area contributed by atoms with Gasteiger partial charge in [0.25, 0.3) is 0 Å². The minimum Gasteiger partial charge on any atom is -0.385 e. The van der Waals surface area contributed by atoms with Crippen molar-refractivity contribution in [1.29, 1.82) is 0 Å². The van der Waals surface area contributed by atoms with E-state index in [1.165, 1.54) is 24.0 Å². The van der Waals surface area contributed by atoms with Gasteiger partial charge in [-0.05, 0) is 74.4 Å². The van der Waals surface area contributed by atoms with Crippen LogP contribution in [0.4, 0.5) is 0 Å². The van der Waals surface area contributed by atoms with Crippen molar-refractivity contribution in [3.05, 3.63) is 65.0 Å². The molecule has 0 spiro atoms. The van der Waals surface area contributed by atoms with E-state index >= 15 is 0 Å². The average Bonchev–Trinajstić information content (AvgIpc) is 3.40. The number of aryl methyl sites for hydroxylation is 1. The second-order valence-corrected chi connectivity index (χ2v) is 9.03. The molecule has 1 aliphatic heterocycles. The van der Waals surface area contributed by atoms with Crippen LogP contribution in [0.2, 0.25) is 0 Å². The van der Waals surface area contributed by atoms with E-state index in [9.17, 15) is 9.90 Å². The molecule has 1 N–H and O–H groups in total. The summed E-state index contributed by atoms with van der Waals surface area (Å²) in [6.07, 6.45) is 5.82. The highest BCUT2D eigenvalue weighted by atomic mass is 16.3. The molecule has 30 heavy (non-hydrogen) atoms. The second-order valence-electron chi connectivity index (χ2n) is 9.03. The molecular weight excluding hydrogens is 374 g/mol. The standard InChI is InChI=1S/C25H33N3O2/c1-18-9-10-22(26-16-18)25(30)23(17-28-11-5-6-12-28)27(2)24(29)15-19-13-20-7-3-4-8-21(20)14-19/h3-4,7-10,16,19,23,25,30H,5-6,11-15,17H2,1-2H3/t23-,25-/m1/s1. The summed E-state index contributed by atoms with van der Waals surface area (Å²) in [6, 6.07) is 12.0. The van der Waals surface area contributed by atoms with Crippen LogP contribution in [-0.2, 0) is 17.6 Å². The van der Waals surface area contributed by atoms with Crippen molar-refractivity contribution in [3.63, 3.8) is 0 Å². The number of aliphatic hydroxyl groups is 1. The minimum atomic E-state index is -0.791. The molecule has 5 nitrogen and oxygen atoms in total. The lowest BCUT2D eigenvalue weighted by molar-refractivity contribution is -0.136. The summed E-state index contributed by atoms with van der Waals surface area (Å²) in [7, 11) is 1.85. The quantitative estimate of drug-likeness (QED) is 0.766. The molecule has 0 bridgehead atoms. The van der Waals surface area contributed by atoms with Crippen LogP contribution >= 0.6 is 0 Å². The van der Waals surface area contributed by atoms with E-state index in [-0.39, 0.29) is 11.9 Å². The molecule has 5 heteroatoms. The molecule has 2 heterocycles. The van der Waals surface area contributed by atoms with Gasteiger partial charge in [-0.25, -0.2) is 0 Å². The van der Waals surface area contributed by atoms with Gasteiger partial charge in [-0.15, -0.1) is 0 Å². The minimum absolute atomic E-state index is 0.114. The third-order valence-electron chi connectivity index (χ3n) is 6.74. The van der Waals surface area contributed by atoms with Crippen LogP contribution in [0, 0.1) is 12.8 Å². The zero-order chi connectivity index (χ0) is 21.1. The zero-order valence-electron chi connectivity index (χ0n) is 18.1. The molecule has 0 unspecified atom stereocenters. The van der Waals surface area contributed by atoms with Gasteiger partial charge < -0.3 is 14.9 Å². The monoisotopic (exact) mass is 407 g/mol. The van der Waals surface area contributed by atoms with E-state index in [4.69, 9.17) is 0 Å². The number of likely N-dealkylation sites (N-methyl/N-ethyl adjacent to an activating group) is 1. The third-order valence-corrected chi connectivity index (χ3v) is 6.74. The van der Waals surface area contributed by atoms with Crippen LogP contribution in [0.5, 0.6) is 0 Å². The van der Waals surface area contributed by atoms with E-state index < -0.39 is 6.10 Å². The molecule has 1 amide bonds. The van der Waals surface area contributed by atoms with E-state index in [0.29, 0.717) is 24.6 Å². The van der Waals surface area contributed by atoms with Crippen LogP contribution in [0.25, 0.3) is 0 Å². The second kappa shape index (κ2) is 9.27. The van der Waals surface area contributed by atoms with Crippen LogP contribution in [-0.4, -0.2) is 58.5 Å². The Bertz CT molecular complexity index is 836. The number of nitrogens with zero attached hydrogens (tertiary/aromatic N) is 3. The predicted octanol–water partition coefficient (Wildman–Crippen LogP) is 3.15. The molecule has 1 aromatic carbocycles. The Kier molecular flexibility index (Phi) is 6.49. The first kappa shape index (κ1) is 21.0. The number of carbonyl (C=O) groups excluding carboxylic acids is 1. The van der Waals surface area contributed by atoms with Gasteiger partial charge in [0.15, 0.2) is 0 Å². The van der Waals surface area contributed by atoms with Crippen LogP contribution < -0.4 is 0 Å². The molecule has 0 saturated carbocycles. The van der Waals surface area contributed by atoms with E-state index in [1.807, 2.05) is 26.1 Å². The van der Waals surface area contributed by atoms with Crippen molar-refractivity contribution in [2.75, 3.05) is 26.7 Å². The highest BCUT2D eigenvalue weighted by Crippen LogP contribution is 2.30. The van der Waals surface area contributed by atoms with Gasteiger partial charge >= 0.3 is 0 Å². The molecule has 1 fully saturated rings. The van der Waals surface area contributed by atoms with Gasteiger partial charge in [-0.1, -0.05) is 30.3 Å². The third kappa shape index (κ3) is 4.73. The Labute approximate surface area is 179 Å². The first-order valence-corrected chi connectivity index (χ1v) is 11.2. The molecule has 160 valence electrons. The molecule has 1 saturated heterocycles. The summed E-state index contributed by atoms with van der Waals surface area (Å²) in [5, 5.41) is 11.2. The van der Waals surface area contributed by atoms with Gasteiger partial charge in [-0.3, -0.25) is 9.78 Å². The fraction of sp³-hybridized carbons (Fsp3) is 0.520. The predicted molar refractivity (Wildman–Crippen MR) is 118 cm³/mol. The topological polar surface area (TPSA) is 56.7 Å². The summed E-state index contributed by atoms with van der Waals surface area (Å²) < 4.78 is 0. The highest BCUT2D eigenvalue weighted by Gasteiger charge is 2.33. The smallest absolute Gasteiger partial charge is 0.223 e. The number of amides is 1. The summed E-state index contributed by atoms with van der Waals surface area (Å²) in [5.41, 5.74) is 4.44. The molecular formula is C25H33N3O2. The van der Waals surface area contributed by atoms with E-state index in [2.05, 4.69) is 34.1 Å². The summed E-state index contributed by atoms with van der Waals surface area (Å²) in [4.78, 5) is 21.8. The van der Waals surface area contributed by atoms with Gasteiger partial charge in [0.1, 0.15) is 6.10 Å². The number of pyridine rings is 1. The van der Waals surface area contributed by atoms with Crippen molar-refractivity contribution < 1.29 is 9.90 Å². The molecule has 2 aliphatic rings. The van der Waals surface area contributed by atoms with Gasteiger partial charge in [-0.2, -0.15) is 0 Å². The Hall–Kier alpha value is -2.24. The number of hydrogen-bond donors (Lipinski definition) is 1. The largest absolute Gasteiger partial charge is 0.385 e. The fourth-order valence-electron chi connectivity index (χ4n) is 4.89. The van der Waals surface area contributed by atoms with E-state index in [1.54, 1.807) is 11.1 Å². The Morgan fingerprint density at radius 3 is 2.43 bits per heavy atom. The van der Waals surface area contributed by atoms with Crippen molar-refractivity contribution in [2.45, 2.75) is 51.2 Å². The van der Waals surface area contributed by atoms with Gasteiger partial charge in [0, 0.05) is 26.2 Å². The van der Waals surface area contributed by atoms with E-state index in [0.717, 1.165) is 31.5 Å². The SMILES string of the molecule is Cc1ccc([C@@H](O)[C@@H](CN2CCCC2)N(C)C(=O)CC2Cc3ccccc3C2)nc1. The van der Waals surface area contributed by atoms with Crippen molar-refractivity contribution in [3.8, 4) is 0 Å². The number of fused-ring (bicyclic) bond motifs is 1. The fourth-order valence-corrected chi connectivity index (χ4v) is 4.89. The van der Waals surface area contributed by atoms with Crippen molar-refractivity contribution >= 4 is 5.91 Å². The lowest BCUT2D eigenvalue weighted by atomic mass is 9.99. The highest BCUT2D eigenvalue weighted by molar-refractivity contribution is 5.77. The molecule has 0 radical (unpaired) electrons. The molecule has 1 aliphatic carbocycles. The first-order chi connectivity index (χ1) is 14.5. The number of likely N-dealkylation sites (tertiary alicyclic amines) is 1. The molecule has 4 rings (SSSR count). The Morgan fingerprint density at radius 1 is 1.17 bits per heavy atom. The van der Waals surface area contributed by atoms with Crippen LogP contribution in [0.15, 0.2) is 42.6 Å². The first-order valence-electron chi connectivity index (χ1n) is 11.2. The molecule has 2 atom stereocenters. The van der Waals surface area contributed by atoms with Crippen molar-refractivity contribution in [2.24, 2.45) is 5.92 Å². The normalized spacial score (nSPS) is 18.9. The number of benzene rings is 1. The molecule has 1 aromatic heterocycles. The summed E-state index contributed by atoms with van der Waals surface area (Å²) in [5.74, 6) is 0.461. The number of carbonyl (C=O) groups is 1. The number of hydrogen-bond acceptors (Lipinski definition) is 4. The maximum atomic E-state index is 13.2. The van der Waals surface area contributed by atoms with Crippen LogP contribution in [0.1, 0.15) is 47.8 Å². The van der Waals surface area contributed by atoms with Gasteiger partial charge in [0.2, 0.25) is 5.91 Å². The number of rotatable bonds is 7. The average molecular weight is 408 g/mol. The van der Waals surface area contributed by atoms with Gasteiger partial charge in [0.05, 0.1) is 11.7 Å². The maximum absolute atomic E-state index is 13.2. The Morgan fingerprint density at radius 2 is 1.83 bits per heavy atom. The van der Waals surface area contributed by atoms with Crippen LogP contribution in [0.3, 0.4) is 0 Å². The molecule has 2 aromatic rings. The number of aromatic nitrogens is 1.